The van der Waals surface area contributed by atoms with Crippen LogP contribution >= 0.6 is 11.8 Å². The molecule has 0 bridgehead atoms. The van der Waals surface area contributed by atoms with Gasteiger partial charge < -0.3 is 9.80 Å². The lowest BCUT2D eigenvalue weighted by Crippen LogP contribution is -3.12. The lowest BCUT2D eigenvalue weighted by atomic mass is 10.2. The molecule has 6 nitrogen and oxygen atoms in total. The molecule has 1 N–H and O–H groups in total. The number of thioether (sulfide) groups is 1. The molecule has 29 heavy (non-hydrogen) atoms. The SMILES string of the molecule is CSc1ccc(S(=O)(=O)N(CC(=O)N2CC[NH+](C)CC2)c2ccc(C)cc2)cc1. The fraction of sp³-hybridized carbons (Fsp3) is 0.381. The molecule has 0 atom stereocenters. The van der Waals surface area contributed by atoms with Crippen LogP contribution < -0.4 is 9.21 Å². The van der Waals surface area contributed by atoms with Gasteiger partial charge in [-0.3, -0.25) is 9.10 Å². The molecule has 1 aliphatic heterocycles. The van der Waals surface area contributed by atoms with E-state index >= 15 is 0 Å². The quantitative estimate of drug-likeness (QED) is 0.696. The average molecular weight is 435 g/mol. The van der Waals surface area contributed by atoms with E-state index in [0.29, 0.717) is 18.8 Å². The van der Waals surface area contributed by atoms with E-state index in [1.54, 1.807) is 53.1 Å². The van der Waals surface area contributed by atoms with Crippen LogP contribution in [-0.4, -0.2) is 65.3 Å². The molecule has 0 radical (unpaired) electrons. The number of sulfonamides is 1. The van der Waals surface area contributed by atoms with Gasteiger partial charge in [0.15, 0.2) is 0 Å². The monoisotopic (exact) mass is 434 g/mol. The highest BCUT2D eigenvalue weighted by atomic mass is 32.2. The van der Waals surface area contributed by atoms with E-state index in [-0.39, 0.29) is 17.3 Å². The Morgan fingerprint density at radius 2 is 1.66 bits per heavy atom. The number of piperazine rings is 1. The van der Waals surface area contributed by atoms with E-state index < -0.39 is 10.0 Å². The van der Waals surface area contributed by atoms with Gasteiger partial charge in [0.05, 0.1) is 43.8 Å². The van der Waals surface area contributed by atoms with Crippen LogP contribution in [0.2, 0.25) is 0 Å². The highest BCUT2D eigenvalue weighted by Gasteiger charge is 2.30. The Bertz CT molecular complexity index is 936. The Hall–Kier alpha value is -2.03. The smallest absolute Gasteiger partial charge is 0.264 e. The molecule has 0 spiro atoms. The zero-order valence-corrected chi connectivity index (χ0v) is 18.7. The van der Waals surface area contributed by atoms with Crippen molar-refractivity contribution in [3.05, 3.63) is 54.1 Å². The number of carbonyl (C=O) groups excluding carboxylic acids is 1. The van der Waals surface area contributed by atoms with Crippen molar-refractivity contribution in [2.45, 2.75) is 16.7 Å². The molecular formula is C21H28N3O3S2+. The fourth-order valence-electron chi connectivity index (χ4n) is 3.26. The summed E-state index contributed by atoms with van der Waals surface area (Å²) < 4.78 is 28.1. The van der Waals surface area contributed by atoms with Gasteiger partial charge in [0.1, 0.15) is 6.54 Å². The van der Waals surface area contributed by atoms with Crippen LogP contribution in [0.25, 0.3) is 0 Å². The standard InChI is InChI=1S/C21H27N3O3S2/c1-17-4-6-18(7-5-17)24(16-21(25)23-14-12-22(2)13-15-23)29(26,27)20-10-8-19(28-3)9-11-20/h4-11H,12-16H2,1-3H3/p+1. The summed E-state index contributed by atoms with van der Waals surface area (Å²) in [6.45, 7) is 4.79. The normalized spacial score (nSPS) is 15.3. The van der Waals surface area contributed by atoms with Crippen LogP contribution in [0.3, 0.4) is 0 Å². The van der Waals surface area contributed by atoms with Crippen LogP contribution in [-0.2, 0) is 14.8 Å². The Morgan fingerprint density at radius 3 is 2.21 bits per heavy atom. The maximum absolute atomic E-state index is 13.4. The van der Waals surface area contributed by atoms with Crippen molar-refractivity contribution >= 4 is 33.4 Å². The van der Waals surface area contributed by atoms with Gasteiger partial charge in [-0.25, -0.2) is 8.42 Å². The molecule has 2 aromatic rings. The Balaban J connectivity index is 1.91. The van der Waals surface area contributed by atoms with Gasteiger partial charge in [0.2, 0.25) is 5.91 Å². The fourth-order valence-corrected chi connectivity index (χ4v) is 5.08. The average Bonchev–Trinajstić information content (AvgIpc) is 2.73. The first-order valence-corrected chi connectivity index (χ1v) is 12.3. The van der Waals surface area contributed by atoms with Gasteiger partial charge in [0, 0.05) is 4.90 Å². The second-order valence-corrected chi connectivity index (χ2v) is 10.1. The van der Waals surface area contributed by atoms with Crippen molar-refractivity contribution < 1.29 is 18.1 Å². The largest absolute Gasteiger partial charge is 0.334 e. The highest BCUT2D eigenvalue weighted by molar-refractivity contribution is 7.98. The molecule has 8 heteroatoms. The molecule has 1 fully saturated rings. The van der Waals surface area contributed by atoms with E-state index in [2.05, 4.69) is 7.05 Å². The van der Waals surface area contributed by atoms with Gasteiger partial charge in [-0.2, -0.15) is 0 Å². The third-order valence-corrected chi connectivity index (χ3v) is 7.75. The number of amides is 1. The van der Waals surface area contributed by atoms with E-state index in [1.807, 2.05) is 25.3 Å². The van der Waals surface area contributed by atoms with Crippen LogP contribution in [0.1, 0.15) is 5.56 Å². The number of likely N-dealkylation sites (N-methyl/N-ethyl adjacent to an activating group) is 1. The first-order valence-electron chi connectivity index (χ1n) is 9.64. The van der Waals surface area contributed by atoms with Crippen LogP contribution in [0.15, 0.2) is 58.3 Å². The van der Waals surface area contributed by atoms with Crippen LogP contribution in [0.4, 0.5) is 5.69 Å². The third kappa shape index (κ3) is 5.12. The van der Waals surface area contributed by atoms with Crippen molar-refractivity contribution in [3.63, 3.8) is 0 Å². The molecule has 1 amide bonds. The number of carbonyl (C=O) groups is 1. The number of nitrogens with one attached hydrogen (secondary N) is 1. The van der Waals surface area contributed by atoms with Gasteiger partial charge in [-0.1, -0.05) is 17.7 Å². The predicted octanol–water partition coefficient (Wildman–Crippen LogP) is 1.27. The molecule has 156 valence electrons. The van der Waals surface area contributed by atoms with Gasteiger partial charge in [0.25, 0.3) is 10.0 Å². The highest BCUT2D eigenvalue weighted by Crippen LogP contribution is 2.26. The number of nitrogens with zero attached hydrogens (tertiary/aromatic N) is 2. The number of quaternary nitrogens is 1. The van der Waals surface area contributed by atoms with E-state index in [1.165, 1.54) is 9.21 Å². The molecule has 0 aromatic heterocycles. The zero-order valence-electron chi connectivity index (χ0n) is 17.1. The molecule has 1 saturated heterocycles. The number of hydrogen-bond donors (Lipinski definition) is 1. The summed E-state index contributed by atoms with van der Waals surface area (Å²) in [4.78, 5) is 17.3. The molecule has 3 rings (SSSR count). The van der Waals surface area contributed by atoms with E-state index in [0.717, 1.165) is 23.5 Å². The minimum Gasteiger partial charge on any atom is -0.334 e. The summed E-state index contributed by atoms with van der Waals surface area (Å²) in [5, 5.41) is 0. The maximum atomic E-state index is 13.4. The van der Waals surface area contributed by atoms with Gasteiger partial charge in [-0.15, -0.1) is 11.8 Å². The van der Waals surface area contributed by atoms with E-state index in [9.17, 15) is 13.2 Å². The number of aryl methyl sites for hydroxylation is 1. The first-order chi connectivity index (χ1) is 13.8. The van der Waals surface area contributed by atoms with Gasteiger partial charge >= 0.3 is 0 Å². The Kier molecular flexibility index (Phi) is 6.87. The topological polar surface area (TPSA) is 62.1 Å². The summed E-state index contributed by atoms with van der Waals surface area (Å²) in [5.41, 5.74) is 1.53. The second-order valence-electron chi connectivity index (χ2n) is 7.36. The lowest BCUT2D eigenvalue weighted by Gasteiger charge is -2.32. The maximum Gasteiger partial charge on any atom is 0.264 e. The predicted molar refractivity (Wildman–Crippen MR) is 117 cm³/mol. The molecule has 1 aliphatic rings. The van der Waals surface area contributed by atoms with Crippen molar-refractivity contribution in [3.8, 4) is 0 Å². The Morgan fingerprint density at radius 1 is 1.07 bits per heavy atom. The summed E-state index contributed by atoms with van der Waals surface area (Å²) in [5.74, 6) is -0.164. The zero-order chi connectivity index (χ0) is 21.0. The van der Waals surface area contributed by atoms with Crippen molar-refractivity contribution in [2.75, 3.05) is 50.3 Å². The van der Waals surface area contributed by atoms with Crippen molar-refractivity contribution in [1.29, 1.82) is 0 Å². The number of rotatable bonds is 6. The molecule has 2 aromatic carbocycles. The van der Waals surface area contributed by atoms with Crippen LogP contribution in [0.5, 0.6) is 0 Å². The number of benzene rings is 2. The minimum absolute atomic E-state index is 0.164. The number of hydrogen-bond acceptors (Lipinski definition) is 4. The van der Waals surface area contributed by atoms with Crippen LogP contribution in [0, 0.1) is 6.92 Å². The first kappa shape index (κ1) is 21.7. The molecule has 0 aliphatic carbocycles. The second kappa shape index (κ2) is 9.19. The van der Waals surface area contributed by atoms with Gasteiger partial charge in [-0.05, 0) is 49.6 Å². The molecule has 0 unspecified atom stereocenters. The minimum atomic E-state index is -3.87. The third-order valence-electron chi connectivity index (χ3n) is 5.22. The number of anilines is 1. The van der Waals surface area contributed by atoms with E-state index in [4.69, 9.17) is 0 Å². The molecular weight excluding hydrogens is 406 g/mol. The van der Waals surface area contributed by atoms with Crippen molar-refractivity contribution in [2.24, 2.45) is 0 Å². The summed E-state index contributed by atoms with van der Waals surface area (Å²) in [6, 6.07) is 14.0. The molecule has 0 saturated carbocycles. The molecule has 1 heterocycles. The Labute approximate surface area is 177 Å². The summed E-state index contributed by atoms with van der Waals surface area (Å²) in [7, 11) is -1.76. The lowest BCUT2D eigenvalue weighted by molar-refractivity contribution is -0.883. The summed E-state index contributed by atoms with van der Waals surface area (Å²) >= 11 is 1.55. The van der Waals surface area contributed by atoms with Crippen molar-refractivity contribution in [1.82, 2.24) is 4.90 Å². The summed E-state index contributed by atoms with van der Waals surface area (Å²) in [6.07, 6.45) is 1.94.